The number of hydrogen-bond donors (Lipinski definition) is 0. The van der Waals surface area contributed by atoms with Crippen molar-refractivity contribution in [1.82, 2.24) is 19.7 Å². The minimum absolute atomic E-state index is 0.0140. The van der Waals surface area contributed by atoms with Gasteiger partial charge < -0.3 is 9.64 Å². The zero-order valence-electron chi connectivity index (χ0n) is 13.6. The topological polar surface area (TPSA) is 60.2 Å². The van der Waals surface area contributed by atoms with Crippen LogP contribution in [0.4, 0.5) is 0 Å². The Balaban J connectivity index is 1.59. The van der Waals surface area contributed by atoms with E-state index in [1.807, 2.05) is 11.8 Å². The molecule has 0 saturated carbocycles. The van der Waals surface area contributed by atoms with Gasteiger partial charge in [0.05, 0.1) is 17.9 Å². The molecule has 0 N–H and O–H groups in total. The van der Waals surface area contributed by atoms with Crippen LogP contribution in [0.5, 0.6) is 5.75 Å². The molecule has 6 nitrogen and oxygen atoms in total. The van der Waals surface area contributed by atoms with Crippen LogP contribution in [-0.2, 0) is 4.79 Å². The molecule has 3 rings (SSSR count). The lowest BCUT2D eigenvalue weighted by atomic mass is 10.1. The van der Waals surface area contributed by atoms with E-state index in [0.717, 1.165) is 30.8 Å². The summed E-state index contributed by atoms with van der Waals surface area (Å²) in [6.45, 7) is 5.58. The summed E-state index contributed by atoms with van der Waals surface area (Å²) in [5, 5.41) is 4.56. The molecule has 0 bridgehead atoms. The first-order valence-electron chi connectivity index (χ1n) is 7.97. The Hall–Kier alpha value is -2.37. The van der Waals surface area contributed by atoms with Crippen molar-refractivity contribution < 1.29 is 9.53 Å². The molecule has 0 aromatic carbocycles. The molecular weight excluding hydrogens is 292 g/mol. The normalized spacial score (nSPS) is 18.0. The van der Waals surface area contributed by atoms with Gasteiger partial charge in [0, 0.05) is 25.0 Å². The molecule has 1 amide bonds. The summed E-state index contributed by atoms with van der Waals surface area (Å²) in [5.74, 6) is 0.632. The smallest absolute Gasteiger partial charge is 0.260 e. The van der Waals surface area contributed by atoms with Gasteiger partial charge in [0.2, 0.25) is 0 Å². The lowest BCUT2D eigenvalue weighted by Gasteiger charge is -2.33. The monoisotopic (exact) mass is 314 g/mol. The van der Waals surface area contributed by atoms with Crippen molar-refractivity contribution in [3.05, 3.63) is 42.0 Å². The zero-order valence-corrected chi connectivity index (χ0v) is 13.6. The Morgan fingerprint density at radius 3 is 3.00 bits per heavy atom. The Labute approximate surface area is 136 Å². The van der Waals surface area contributed by atoms with Crippen molar-refractivity contribution in [2.45, 2.75) is 32.7 Å². The maximum absolute atomic E-state index is 12.4. The molecule has 6 heteroatoms. The summed E-state index contributed by atoms with van der Waals surface area (Å²) in [4.78, 5) is 18.2. The minimum Gasteiger partial charge on any atom is -0.482 e. The van der Waals surface area contributed by atoms with E-state index >= 15 is 0 Å². The molecule has 23 heavy (non-hydrogen) atoms. The fraction of sp³-hybridized carbons (Fsp3) is 0.471. The molecule has 0 aliphatic carbocycles. The molecule has 1 saturated heterocycles. The lowest BCUT2D eigenvalue weighted by Crippen LogP contribution is -2.43. The summed E-state index contributed by atoms with van der Waals surface area (Å²) in [7, 11) is 0. The number of aromatic nitrogens is 3. The number of amides is 1. The third-order valence-corrected chi connectivity index (χ3v) is 4.14. The van der Waals surface area contributed by atoms with E-state index in [9.17, 15) is 4.79 Å². The molecule has 2 aromatic rings. The third kappa shape index (κ3) is 3.70. The van der Waals surface area contributed by atoms with E-state index in [1.165, 1.54) is 0 Å². The molecule has 0 radical (unpaired) electrons. The number of likely N-dealkylation sites (tertiary alicyclic amines) is 1. The summed E-state index contributed by atoms with van der Waals surface area (Å²) >= 11 is 0. The fourth-order valence-electron chi connectivity index (χ4n) is 3.07. The van der Waals surface area contributed by atoms with E-state index in [2.05, 4.69) is 27.8 Å². The first-order chi connectivity index (χ1) is 11.1. The van der Waals surface area contributed by atoms with E-state index < -0.39 is 0 Å². The molecule has 2 aromatic heterocycles. The number of nitrogens with zero attached hydrogens (tertiary/aromatic N) is 4. The maximum atomic E-state index is 12.4. The lowest BCUT2D eigenvalue weighted by molar-refractivity contribution is -0.135. The van der Waals surface area contributed by atoms with E-state index in [0.29, 0.717) is 12.3 Å². The SMILES string of the molecule is Cc1cc(C)n([C@@H]2CCCN(C(=O)COc3cccnc3)C2)n1. The third-order valence-electron chi connectivity index (χ3n) is 4.14. The van der Waals surface area contributed by atoms with Gasteiger partial charge in [-0.1, -0.05) is 0 Å². The number of pyridine rings is 1. The van der Waals surface area contributed by atoms with Gasteiger partial charge in [-0.3, -0.25) is 14.5 Å². The number of carbonyl (C=O) groups excluding carboxylic acids is 1. The van der Waals surface area contributed by atoms with Crippen LogP contribution in [-0.4, -0.2) is 45.3 Å². The Morgan fingerprint density at radius 2 is 2.30 bits per heavy atom. The number of hydrogen-bond acceptors (Lipinski definition) is 4. The highest BCUT2D eigenvalue weighted by Crippen LogP contribution is 2.23. The van der Waals surface area contributed by atoms with Gasteiger partial charge in [0.1, 0.15) is 5.75 Å². The molecule has 0 unspecified atom stereocenters. The van der Waals surface area contributed by atoms with E-state index in [-0.39, 0.29) is 18.6 Å². The first-order valence-corrected chi connectivity index (χ1v) is 7.97. The van der Waals surface area contributed by atoms with Crippen LogP contribution >= 0.6 is 0 Å². The van der Waals surface area contributed by atoms with Gasteiger partial charge in [-0.2, -0.15) is 5.10 Å². The number of ether oxygens (including phenoxy) is 1. The van der Waals surface area contributed by atoms with Crippen LogP contribution in [0.2, 0.25) is 0 Å². The second-order valence-electron chi connectivity index (χ2n) is 5.98. The van der Waals surface area contributed by atoms with Crippen molar-refractivity contribution in [3.63, 3.8) is 0 Å². The predicted octanol–water partition coefficient (Wildman–Crippen LogP) is 2.14. The van der Waals surface area contributed by atoms with Gasteiger partial charge in [0.25, 0.3) is 5.91 Å². The maximum Gasteiger partial charge on any atom is 0.260 e. The zero-order chi connectivity index (χ0) is 16.2. The number of piperidine rings is 1. The second-order valence-corrected chi connectivity index (χ2v) is 5.98. The van der Waals surface area contributed by atoms with Gasteiger partial charge in [0.15, 0.2) is 6.61 Å². The fourth-order valence-corrected chi connectivity index (χ4v) is 3.07. The Morgan fingerprint density at radius 1 is 1.43 bits per heavy atom. The first kappa shape index (κ1) is 15.5. The molecule has 122 valence electrons. The van der Waals surface area contributed by atoms with Gasteiger partial charge in [-0.25, -0.2) is 0 Å². The number of carbonyl (C=O) groups is 1. The van der Waals surface area contributed by atoms with E-state index in [4.69, 9.17) is 4.74 Å². The molecule has 3 heterocycles. The largest absolute Gasteiger partial charge is 0.482 e. The van der Waals surface area contributed by atoms with Crippen molar-refractivity contribution in [2.24, 2.45) is 0 Å². The van der Waals surface area contributed by atoms with Crippen molar-refractivity contribution in [1.29, 1.82) is 0 Å². The molecule has 1 atom stereocenters. The average Bonchev–Trinajstić information content (AvgIpc) is 2.92. The standard InChI is InChI=1S/C17H22N4O2/c1-13-9-14(2)21(19-13)15-5-4-8-20(11-15)17(22)12-23-16-6-3-7-18-10-16/h3,6-7,9-10,15H,4-5,8,11-12H2,1-2H3/t15-/m1/s1. The number of aryl methyl sites for hydroxylation is 2. The predicted molar refractivity (Wildman–Crippen MR) is 86.3 cm³/mol. The summed E-state index contributed by atoms with van der Waals surface area (Å²) in [6, 6.07) is 5.92. The van der Waals surface area contributed by atoms with Crippen LogP contribution in [0, 0.1) is 13.8 Å². The average molecular weight is 314 g/mol. The molecule has 1 aliphatic heterocycles. The molecule has 1 fully saturated rings. The Kier molecular flexibility index (Phi) is 4.60. The quantitative estimate of drug-likeness (QED) is 0.867. The van der Waals surface area contributed by atoms with Crippen LogP contribution in [0.1, 0.15) is 30.3 Å². The van der Waals surface area contributed by atoms with E-state index in [1.54, 1.807) is 24.5 Å². The van der Waals surface area contributed by atoms with Crippen LogP contribution in [0.3, 0.4) is 0 Å². The Bertz CT molecular complexity index is 668. The highest BCUT2D eigenvalue weighted by atomic mass is 16.5. The highest BCUT2D eigenvalue weighted by Gasteiger charge is 2.26. The summed E-state index contributed by atoms with van der Waals surface area (Å²) in [6.07, 6.45) is 5.33. The summed E-state index contributed by atoms with van der Waals surface area (Å²) in [5.41, 5.74) is 2.17. The van der Waals surface area contributed by atoms with Gasteiger partial charge in [-0.05, 0) is 44.9 Å². The molecule has 0 spiro atoms. The molecular formula is C17H22N4O2. The van der Waals surface area contributed by atoms with Crippen molar-refractivity contribution >= 4 is 5.91 Å². The molecule has 1 aliphatic rings. The summed E-state index contributed by atoms with van der Waals surface area (Å²) < 4.78 is 7.57. The van der Waals surface area contributed by atoms with Crippen molar-refractivity contribution in [3.8, 4) is 5.75 Å². The van der Waals surface area contributed by atoms with Crippen LogP contribution in [0.15, 0.2) is 30.6 Å². The minimum atomic E-state index is 0.0140. The van der Waals surface area contributed by atoms with Gasteiger partial charge >= 0.3 is 0 Å². The second kappa shape index (κ2) is 6.81. The highest BCUT2D eigenvalue weighted by molar-refractivity contribution is 5.77. The number of rotatable bonds is 4. The van der Waals surface area contributed by atoms with Gasteiger partial charge in [-0.15, -0.1) is 0 Å². The van der Waals surface area contributed by atoms with Crippen LogP contribution in [0.25, 0.3) is 0 Å². The van der Waals surface area contributed by atoms with Crippen LogP contribution < -0.4 is 4.74 Å². The van der Waals surface area contributed by atoms with Crippen molar-refractivity contribution in [2.75, 3.05) is 19.7 Å².